The van der Waals surface area contributed by atoms with Gasteiger partial charge in [-0.2, -0.15) is 10.2 Å². The molecule has 6 nitrogen and oxygen atoms in total. The van der Waals surface area contributed by atoms with Crippen LogP contribution in [-0.2, 0) is 13.6 Å². The van der Waals surface area contributed by atoms with E-state index in [9.17, 15) is 9.90 Å². The lowest BCUT2D eigenvalue weighted by Crippen LogP contribution is -2.06. The van der Waals surface area contributed by atoms with Crippen molar-refractivity contribution in [2.75, 3.05) is 0 Å². The van der Waals surface area contributed by atoms with E-state index in [0.29, 0.717) is 17.9 Å². The lowest BCUT2D eigenvalue weighted by molar-refractivity contribution is 0.0697. The number of aromatic carboxylic acids is 1. The normalized spacial score (nSPS) is 10.8. The maximum atomic E-state index is 11.3. The van der Waals surface area contributed by atoms with Crippen molar-refractivity contribution in [1.82, 2.24) is 19.6 Å². The summed E-state index contributed by atoms with van der Waals surface area (Å²) in [5.74, 6) is -0.963. The molecule has 0 aromatic carbocycles. The summed E-state index contributed by atoms with van der Waals surface area (Å²) >= 11 is 0. The fourth-order valence-corrected chi connectivity index (χ4v) is 1.99. The van der Waals surface area contributed by atoms with Gasteiger partial charge in [0.1, 0.15) is 11.3 Å². The molecule has 1 N–H and O–H groups in total. The summed E-state index contributed by atoms with van der Waals surface area (Å²) in [6.45, 7) is 4.34. The number of rotatable bonds is 3. The van der Waals surface area contributed by atoms with Gasteiger partial charge in [-0.15, -0.1) is 0 Å². The van der Waals surface area contributed by atoms with Crippen LogP contribution in [0, 0.1) is 6.92 Å². The molecular weight excluding hydrogens is 220 g/mol. The van der Waals surface area contributed by atoms with Crippen LogP contribution < -0.4 is 0 Å². The van der Waals surface area contributed by atoms with Crippen molar-refractivity contribution in [3.05, 3.63) is 23.5 Å². The molecule has 0 radical (unpaired) electrons. The van der Waals surface area contributed by atoms with E-state index in [1.807, 2.05) is 6.92 Å². The second kappa shape index (κ2) is 4.04. The first-order valence-corrected chi connectivity index (χ1v) is 5.35. The number of hydrogen-bond donors (Lipinski definition) is 1. The van der Waals surface area contributed by atoms with Gasteiger partial charge < -0.3 is 5.11 Å². The number of carboxylic acid groups (broad SMARTS) is 1. The van der Waals surface area contributed by atoms with E-state index in [-0.39, 0.29) is 5.56 Å². The molecule has 0 saturated heterocycles. The smallest absolute Gasteiger partial charge is 0.339 e. The molecule has 2 aromatic heterocycles. The summed E-state index contributed by atoms with van der Waals surface area (Å²) in [7, 11) is 1.74. The number of aryl methyl sites for hydroxylation is 3. The highest BCUT2D eigenvalue weighted by Gasteiger charge is 2.22. The third-order valence-electron chi connectivity index (χ3n) is 2.69. The Morgan fingerprint density at radius 1 is 1.53 bits per heavy atom. The van der Waals surface area contributed by atoms with E-state index >= 15 is 0 Å². The molecule has 0 aliphatic heterocycles. The Morgan fingerprint density at radius 3 is 2.82 bits per heavy atom. The maximum Gasteiger partial charge on any atom is 0.339 e. The third-order valence-corrected chi connectivity index (χ3v) is 2.69. The molecule has 90 valence electrons. The topological polar surface area (TPSA) is 72.9 Å². The molecule has 0 unspecified atom stereocenters. The Bertz CT molecular complexity index is 568. The largest absolute Gasteiger partial charge is 0.478 e. The highest BCUT2D eigenvalue weighted by molar-refractivity contribution is 5.95. The van der Waals surface area contributed by atoms with Crippen molar-refractivity contribution >= 4 is 5.97 Å². The van der Waals surface area contributed by atoms with E-state index in [4.69, 9.17) is 0 Å². The fraction of sp³-hybridized carbons (Fsp3) is 0.364. The minimum absolute atomic E-state index is 0.239. The van der Waals surface area contributed by atoms with Crippen LogP contribution in [0.4, 0.5) is 0 Å². The zero-order valence-electron chi connectivity index (χ0n) is 10.0. The van der Waals surface area contributed by atoms with Gasteiger partial charge in [-0.05, 0) is 19.9 Å². The summed E-state index contributed by atoms with van der Waals surface area (Å²) in [4.78, 5) is 11.3. The Morgan fingerprint density at radius 2 is 2.24 bits per heavy atom. The third kappa shape index (κ3) is 1.71. The Labute approximate surface area is 98.5 Å². The van der Waals surface area contributed by atoms with E-state index in [1.54, 1.807) is 35.6 Å². The quantitative estimate of drug-likeness (QED) is 0.869. The molecule has 0 saturated carbocycles. The molecule has 2 heterocycles. The molecule has 2 rings (SSSR count). The zero-order chi connectivity index (χ0) is 12.6. The minimum Gasteiger partial charge on any atom is -0.478 e. The van der Waals surface area contributed by atoms with Crippen molar-refractivity contribution < 1.29 is 9.90 Å². The molecule has 6 heteroatoms. The van der Waals surface area contributed by atoms with Gasteiger partial charge >= 0.3 is 5.97 Å². The van der Waals surface area contributed by atoms with Crippen LogP contribution in [0.1, 0.15) is 23.0 Å². The average molecular weight is 234 g/mol. The fourth-order valence-electron chi connectivity index (χ4n) is 1.99. The van der Waals surface area contributed by atoms with Crippen molar-refractivity contribution in [2.24, 2.45) is 7.05 Å². The van der Waals surface area contributed by atoms with Gasteiger partial charge in [-0.1, -0.05) is 0 Å². The predicted molar refractivity (Wildman–Crippen MR) is 61.8 cm³/mol. The number of carboxylic acids is 1. The van der Waals surface area contributed by atoms with Crippen LogP contribution in [0.2, 0.25) is 0 Å². The van der Waals surface area contributed by atoms with Gasteiger partial charge in [-0.25, -0.2) is 4.79 Å². The first kappa shape index (κ1) is 11.4. The summed E-state index contributed by atoms with van der Waals surface area (Å²) in [5.41, 5.74) is 2.11. The minimum atomic E-state index is -0.963. The summed E-state index contributed by atoms with van der Waals surface area (Å²) in [6.07, 6.45) is 1.66. The van der Waals surface area contributed by atoms with Crippen LogP contribution >= 0.6 is 0 Å². The van der Waals surface area contributed by atoms with Crippen molar-refractivity contribution in [2.45, 2.75) is 20.4 Å². The SMILES string of the molecule is CCn1nccc1-c1c(C(=O)O)c(C)nn1C. The second-order valence-electron chi connectivity index (χ2n) is 3.77. The molecule has 0 bridgehead atoms. The van der Waals surface area contributed by atoms with Crippen molar-refractivity contribution in [3.63, 3.8) is 0 Å². The van der Waals surface area contributed by atoms with Gasteiger partial charge in [0.2, 0.25) is 0 Å². The standard InChI is InChI=1S/C11H14N4O2/c1-4-15-8(5-6-12-15)10-9(11(16)17)7(2)13-14(10)3/h5-6H,4H2,1-3H3,(H,16,17). The molecule has 0 aliphatic carbocycles. The van der Waals surface area contributed by atoms with Crippen LogP contribution in [-0.4, -0.2) is 30.6 Å². The lowest BCUT2D eigenvalue weighted by Gasteiger charge is -2.06. The summed E-state index contributed by atoms with van der Waals surface area (Å²) in [5, 5.41) is 17.5. The lowest BCUT2D eigenvalue weighted by atomic mass is 10.1. The Hall–Kier alpha value is -2.11. The first-order valence-electron chi connectivity index (χ1n) is 5.35. The van der Waals surface area contributed by atoms with Crippen LogP contribution in [0.15, 0.2) is 12.3 Å². The van der Waals surface area contributed by atoms with Gasteiger partial charge in [0, 0.05) is 19.8 Å². The number of carbonyl (C=O) groups is 1. The molecular formula is C11H14N4O2. The molecule has 0 amide bonds. The van der Waals surface area contributed by atoms with E-state index in [2.05, 4.69) is 10.2 Å². The molecule has 2 aromatic rings. The highest BCUT2D eigenvalue weighted by atomic mass is 16.4. The number of hydrogen-bond acceptors (Lipinski definition) is 3. The van der Waals surface area contributed by atoms with Gasteiger partial charge in [0.15, 0.2) is 0 Å². The van der Waals surface area contributed by atoms with Crippen LogP contribution in [0.3, 0.4) is 0 Å². The number of nitrogens with zero attached hydrogens (tertiary/aromatic N) is 4. The Balaban J connectivity index is 2.71. The Kier molecular flexibility index (Phi) is 2.71. The molecule has 0 fully saturated rings. The van der Waals surface area contributed by atoms with Gasteiger partial charge in [-0.3, -0.25) is 9.36 Å². The summed E-state index contributed by atoms with van der Waals surface area (Å²) < 4.78 is 3.34. The highest BCUT2D eigenvalue weighted by Crippen LogP contribution is 2.25. The van der Waals surface area contributed by atoms with Gasteiger partial charge in [0.25, 0.3) is 0 Å². The average Bonchev–Trinajstić information content (AvgIpc) is 2.81. The van der Waals surface area contributed by atoms with Crippen molar-refractivity contribution in [3.8, 4) is 11.4 Å². The maximum absolute atomic E-state index is 11.3. The second-order valence-corrected chi connectivity index (χ2v) is 3.77. The zero-order valence-corrected chi connectivity index (χ0v) is 10.0. The molecule has 0 spiro atoms. The van der Waals surface area contributed by atoms with E-state index in [0.717, 1.165) is 5.69 Å². The molecule has 0 atom stereocenters. The first-order chi connectivity index (χ1) is 8.06. The van der Waals surface area contributed by atoms with Gasteiger partial charge in [0.05, 0.1) is 11.4 Å². The van der Waals surface area contributed by atoms with E-state index in [1.165, 1.54) is 0 Å². The van der Waals surface area contributed by atoms with Crippen LogP contribution in [0.25, 0.3) is 11.4 Å². The number of aromatic nitrogens is 4. The monoisotopic (exact) mass is 234 g/mol. The van der Waals surface area contributed by atoms with Crippen molar-refractivity contribution in [1.29, 1.82) is 0 Å². The van der Waals surface area contributed by atoms with E-state index < -0.39 is 5.97 Å². The molecule has 0 aliphatic rings. The van der Waals surface area contributed by atoms with Crippen LogP contribution in [0.5, 0.6) is 0 Å². The molecule has 17 heavy (non-hydrogen) atoms. The predicted octanol–water partition coefficient (Wildman–Crippen LogP) is 1.31. The summed E-state index contributed by atoms with van der Waals surface area (Å²) in [6, 6.07) is 1.80.